The maximum Gasteiger partial charge on any atom is 0.284 e. The molecule has 1 atom stereocenters. The van der Waals surface area contributed by atoms with Crippen LogP contribution in [0, 0.1) is 0 Å². The van der Waals surface area contributed by atoms with E-state index in [1.165, 1.54) is 17.8 Å². The van der Waals surface area contributed by atoms with Gasteiger partial charge in [-0.1, -0.05) is 36.4 Å². The van der Waals surface area contributed by atoms with Crippen molar-refractivity contribution in [3.8, 4) is 5.75 Å². The summed E-state index contributed by atoms with van der Waals surface area (Å²) in [5.41, 5.74) is 2.86. The number of rotatable bonds is 6. The number of thiophene rings is 1. The van der Waals surface area contributed by atoms with E-state index in [1.807, 2.05) is 77.0 Å². The van der Waals surface area contributed by atoms with Gasteiger partial charge in [0.1, 0.15) is 5.75 Å². The van der Waals surface area contributed by atoms with Gasteiger partial charge in [-0.3, -0.25) is 9.59 Å². The highest BCUT2D eigenvalue weighted by Crippen LogP contribution is 2.34. The number of amides is 2. The Labute approximate surface area is 203 Å². The first-order chi connectivity index (χ1) is 16.7. The van der Waals surface area contributed by atoms with Crippen LogP contribution in [-0.2, 0) is 4.79 Å². The Kier molecular flexibility index (Phi) is 6.72. The van der Waals surface area contributed by atoms with Gasteiger partial charge in [0, 0.05) is 19.5 Å². The normalized spacial score (nSPS) is 18.0. The van der Waals surface area contributed by atoms with E-state index in [2.05, 4.69) is 0 Å². The number of hydrogen-bond acceptors (Lipinski definition) is 5. The molecule has 7 heteroatoms. The lowest BCUT2D eigenvalue weighted by molar-refractivity contribution is -0.134. The fourth-order valence-electron chi connectivity index (χ4n) is 4.44. The lowest BCUT2D eigenvalue weighted by atomic mass is 9.98. The van der Waals surface area contributed by atoms with E-state index < -0.39 is 0 Å². The minimum atomic E-state index is -0.149. The van der Waals surface area contributed by atoms with Gasteiger partial charge in [0.05, 0.1) is 16.6 Å². The Morgan fingerprint density at radius 1 is 0.941 bits per heavy atom. The summed E-state index contributed by atoms with van der Waals surface area (Å²) in [6, 6.07) is 21.2. The van der Waals surface area contributed by atoms with Crippen LogP contribution in [0.1, 0.15) is 52.5 Å². The summed E-state index contributed by atoms with van der Waals surface area (Å²) < 4.78 is 5.74. The summed E-state index contributed by atoms with van der Waals surface area (Å²) in [5.74, 6) is 0.603. The summed E-state index contributed by atoms with van der Waals surface area (Å²) in [5, 5.41) is 8.25. The maximum atomic E-state index is 13.2. The molecule has 1 fully saturated rings. The number of carbonyl (C=O) groups excluding carboxylic acids is 2. The van der Waals surface area contributed by atoms with Crippen molar-refractivity contribution in [2.24, 2.45) is 5.10 Å². The highest BCUT2D eigenvalue weighted by atomic mass is 32.1. The zero-order valence-corrected chi connectivity index (χ0v) is 19.7. The lowest BCUT2D eigenvalue weighted by Gasteiger charge is -2.26. The molecule has 5 rings (SSSR count). The van der Waals surface area contributed by atoms with Crippen LogP contribution in [0.2, 0.25) is 0 Å². The number of carbonyl (C=O) groups is 2. The van der Waals surface area contributed by atoms with Crippen LogP contribution in [0.15, 0.2) is 77.2 Å². The molecule has 34 heavy (non-hydrogen) atoms. The summed E-state index contributed by atoms with van der Waals surface area (Å²) in [6.07, 6.45) is 3.96. The zero-order valence-electron chi connectivity index (χ0n) is 18.9. The van der Waals surface area contributed by atoms with E-state index >= 15 is 0 Å². The molecule has 2 aliphatic heterocycles. The third-order valence-electron chi connectivity index (χ3n) is 6.29. The van der Waals surface area contributed by atoms with Crippen LogP contribution in [0.25, 0.3) is 0 Å². The highest BCUT2D eigenvalue weighted by molar-refractivity contribution is 7.12. The van der Waals surface area contributed by atoms with Crippen molar-refractivity contribution >= 4 is 28.9 Å². The Morgan fingerprint density at radius 2 is 1.71 bits per heavy atom. The molecule has 3 heterocycles. The van der Waals surface area contributed by atoms with E-state index in [0.29, 0.717) is 17.0 Å². The fourth-order valence-corrected chi connectivity index (χ4v) is 5.10. The van der Waals surface area contributed by atoms with Crippen molar-refractivity contribution in [2.45, 2.75) is 31.7 Å². The molecule has 6 nitrogen and oxygen atoms in total. The van der Waals surface area contributed by atoms with Gasteiger partial charge >= 0.3 is 0 Å². The largest absolute Gasteiger partial charge is 0.484 e. The molecule has 1 aromatic heterocycles. The molecule has 0 spiro atoms. The van der Waals surface area contributed by atoms with Crippen molar-refractivity contribution in [2.75, 3.05) is 19.7 Å². The number of benzene rings is 2. The van der Waals surface area contributed by atoms with Crippen LogP contribution in [-0.4, -0.2) is 47.1 Å². The van der Waals surface area contributed by atoms with Gasteiger partial charge in [-0.15, -0.1) is 11.3 Å². The maximum absolute atomic E-state index is 13.2. The van der Waals surface area contributed by atoms with Crippen molar-refractivity contribution in [3.63, 3.8) is 0 Å². The van der Waals surface area contributed by atoms with Crippen LogP contribution < -0.4 is 4.74 Å². The first-order valence-electron chi connectivity index (χ1n) is 11.7. The smallest absolute Gasteiger partial charge is 0.284 e. The van der Waals surface area contributed by atoms with Gasteiger partial charge in [-0.05, 0) is 66.1 Å². The Morgan fingerprint density at radius 3 is 2.41 bits per heavy atom. The molecule has 1 saturated heterocycles. The minimum absolute atomic E-state index is 0.0392. The van der Waals surface area contributed by atoms with Gasteiger partial charge in [0.15, 0.2) is 6.61 Å². The van der Waals surface area contributed by atoms with Crippen LogP contribution >= 0.6 is 11.3 Å². The average molecular weight is 474 g/mol. The quantitative estimate of drug-likeness (QED) is 0.499. The van der Waals surface area contributed by atoms with Crippen LogP contribution in [0.4, 0.5) is 0 Å². The topological polar surface area (TPSA) is 62.2 Å². The molecule has 0 bridgehead atoms. The molecule has 0 aliphatic carbocycles. The molecular formula is C27H27N3O3S. The van der Waals surface area contributed by atoms with E-state index in [-0.39, 0.29) is 24.5 Å². The molecule has 0 radical (unpaired) electrons. The average Bonchev–Trinajstić information content (AvgIpc) is 3.59. The first kappa shape index (κ1) is 22.3. The fraction of sp³-hybridized carbons (Fsp3) is 0.296. The lowest BCUT2D eigenvalue weighted by Crippen LogP contribution is -2.38. The molecule has 2 aliphatic rings. The molecule has 2 amide bonds. The second-order valence-corrected chi connectivity index (χ2v) is 9.51. The number of nitrogens with zero attached hydrogens (tertiary/aromatic N) is 3. The molecule has 0 N–H and O–H groups in total. The van der Waals surface area contributed by atoms with Crippen molar-refractivity contribution in [1.82, 2.24) is 9.91 Å². The Balaban J connectivity index is 1.30. The number of piperidine rings is 1. The number of likely N-dealkylation sites (tertiary alicyclic amines) is 1. The summed E-state index contributed by atoms with van der Waals surface area (Å²) in [6.45, 7) is 1.70. The van der Waals surface area contributed by atoms with Gasteiger partial charge in [-0.2, -0.15) is 5.10 Å². The summed E-state index contributed by atoms with van der Waals surface area (Å²) >= 11 is 1.42. The standard InChI is InChI=1S/C27H27N3O3S/c31-26(29-15-5-2-6-16-29)19-33-22-13-11-20(12-14-22)23-18-24(21-8-3-1-4-9-21)30(28-23)27(32)25-10-7-17-34-25/h1,3-4,7-14,17,24H,2,5-6,15-16,18-19H2/t24-/m0/s1. The molecule has 174 valence electrons. The van der Waals surface area contributed by atoms with Crippen molar-refractivity contribution in [1.29, 1.82) is 0 Å². The van der Waals surface area contributed by atoms with Gasteiger partial charge in [0.2, 0.25) is 0 Å². The highest BCUT2D eigenvalue weighted by Gasteiger charge is 2.34. The van der Waals surface area contributed by atoms with E-state index in [1.54, 1.807) is 5.01 Å². The predicted octanol–water partition coefficient (Wildman–Crippen LogP) is 5.13. The molecule has 0 unspecified atom stereocenters. The van der Waals surface area contributed by atoms with Gasteiger partial charge < -0.3 is 9.64 Å². The molecule has 2 aromatic carbocycles. The van der Waals surface area contributed by atoms with Gasteiger partial charge in [-0.25, -0.2) is 5.01 Å². The van der Waals surface area contributed by atoms with E-state index in [0.717, 1.165) is 42.8 Å². The third-order valence-corrected chi connectivity index (χ3v) is 7.15. The first-order valence-corrected chi connectivity index (χ1v) is 12.6. The monoisotopic (exact) mass is 473 g/mol. The van der Waals surface area contributed by atoms with Crippen LogP contribution in [0.5, 0.6) is 5.75 Å². The number of hydrazone groups is 1. The zero-order chi connectivity index (χ0) is 23.3. The molecule has 3 aromatic rings. The molecule has 0 saturated carbocycles. The van der Waals surface area contributed by atoms with Crippen molar-refractivity contribution in [3.05, 3.63) is 88.1 Å². The summed E-state index contributed by atoms with van der Waals surface area (Å²) in [7, 11) is 0. The predicted molar refractivity (Wildman–Crippen MR) is 133 cm³/mol. The third kappa shape index (κ3) is 4.89. The number of ether oxygens (including phenoxy) is 1. The molecular weight excluding hydrogens is 446 g/mol. The SMILES string of the molecule is O=C(COc1ccc(C2=NN(C(=O)c3cccs3)[C@H](c3ccccc3)C2)cc1)N1CCCCC1. The van der Waals surface area contributed by atoms with Crippen molar-refractivity contribution < 1.29 is 14.3 Å². The Bertz CT molecular complexity index is 1150. The minimum Gasteiger partial charge on any atom is -0.484 e. The Hall–Kier alpha value is -3.45. The second-order valence-electron chi connectivity index (χ2n) is 8.56. The summed E-state index contributed by atoms with van der Waals surface area (Å²) in [4.78, 5) is 28.1. The van der Waals surface area contributed by atoms with Crippen LogP contribution in [0.3, 0.4) is 0 Å². The van der Waals surface area contributed by atoms with E-state index in [9.17, 15) is 9.59 Å². The van der Waals surface area contributed by atoms with E-state index in [4.69, 9.17) is 9.84 Å². The number of hydrogen-bond donors (Lipinski definition) is 0. The second kappa shape index (κ2) is 10.2. The van der Waals surface area contributed by atoms with Gasteiger partial charge in [0.25, 0.3) is 11.8 Å².